The first-order chi connectivity index (χ1) is 30.9. The zero-order valence-electron chi connectivity index (χ0n) is 46.6. The van der Waals surface area contributed by atoms with E-state index in [0.717, 1.165) is 56.4 Å². The van der Waals surface area contributed by atoms with Crippen molar-refractivity contribution >= 4 is 45.9 Å². The summed E-state index contributed by atoms with van der Waals surface area (Å²) in [5.74, 6) is 1.65. The van der Waals surface area contributed by atoms with Gasteiger partial charge in [0.1, 0.15) is 5.58 Å². The third-order valence-electron chi connectivity index (χ3n) is 15.7. The van der Waals surface area contributed by atoms with E-state index in [1.165, 1.54) is 66.8 Å². The van der Waals surface area contributed by atoms with Gasteiger partial charge >= 0.3 is 0 Å². The van der Waals surface area contributed by atoms with Gasteiger partial charge in [-0.05, 0) is 148 Å². The maximum Gasteiger partial charge on any atom is 0.256 e. The molecular formula is C63H93BN2O. The van der Waals surface area contributed by atoms with Crippen molar-refractivity contribution < 1.29 is 4.42 Å². The van der Waals surface area contributed by atoms with Crippen LogP contribution in [0.3, 0.4) is 0 Å². The molecule has 0 bridgehead atoms. The predicted molar refractivity (Wildman–Crippen MR) is 299 cm³/mol. The van der Waals surface area contributed by atoms with Crippen molar-refractivity contribution in [2.24, 2.45) is 28.1 Å². The highest BCUT2D eigenvalue weighted by molar-refractivity contribution is 6.97. The molecule has 1 aromatic heterocycles. The summed E-state index contributed by atoms with van der Waals surface area (Å²) < 4.78 is 7.65. The van der Waals surface area contributed by atoms with Gasteiger partial charge in [0.25, 0.3) is 6.71 Å². The van der Waals surface area contributed by atoms with Crippen LogP contribution in [0.4, 0.5) is 17.3 Å². The van der Waals surface area contributed by atoms with Crippen LogP contribution < -0.4 is 20.7 Å². The van der Waals surface area contributed by atoms with Crippen molar-refractivity contribution in [2.75, 3.05) is 9.80 Å². The highest BCUT2D eigenvalue weighted by atomic mass is 16.4. The van der Waals surface area contributed by atoms with Gasteiger partial charge in [-0.2, -0.15) is 0 Å². The highest BCUT2D eigenvalue weighted by Crippen LogP contribution is 2.51. The van der Waals surface area contributed by atoms with Crippen LogP contribution in [0.2, 0.25) is 0 Å². The Morgan fingerprint density at radius 3 is 1.94 bits per heavy atom. The quantitative estimate of drug-likeness (QED) is 0.0913. The normalized spacial score (nSPS) is 18.9. The summed E-state index contributed by atoms with van der Waals surface area (Å²) >= 11 is 0. The Bertz CT molecular complexity index is 2490. The van der Waals surface area contributed by atoms with Crippen LogP contribution in [-0.4, -0.2) is 12.8 Å². The third kappa shape index (κ3) is 10.6. The minimum atomic E-state index is -0.121. The fourth-order valence-electron chi connectivity index (χ4n) is 10.8. The summed E-state index contributed by atoms with van der Waals surface area (Å²) in [6, 6.07) is 10.2. The van der Waals surface area contributed by atoms with E-state index in [2.05, 4.69) is 229 Å². The fraction of sp³-hybridized carbons (Fsp3) is 0.587. The smallest absolute Gasteiger partial charge is 0.256 e. The predicted octanol–water partition coefficient (Wildman–Crippen LogP) is 17.7. The van der Waals surface area contributed by atoms with Gasteiger partial charge in [0.15, 0.2) is 0 Å². The molecule has 2 aliphatic heterocycles. The molecule has 0 radical (unpaired) electrons. The number of furan rings is 1. The molecular weight excluding hydrogens is 812 g/mol. The Kier molecular flexibility index (Phi) is 14.7. The number of hydrogen-bond donors (Lipinski definition) is 0. The topological polar surface area (TPSA) is 19.6 Å². The Morgan fingerprint density at radius 2 is 1.40 bits per heavy atom. The van der Waals surface area contributed by atoms with Crippen LogP contribution >= 0.6 is 0 Å². The molecule has 67 heavy (non-hydrogen) atoms. The summed E-state index contributed by atoms with van der Waals surface area (Å²) in [6.45, 7) is 54.6. The van der Waals surface area contributed by atoms with Crippen molar-refractivity contribution in [3.63, 3.8) is 0 Å². The fourth-order valence-corrected chi connectivity index (χ4v) is 10.8. The lowest BCUT2D eigenvalue weighted by Gasteiger charge is -2.47. The summed E-state index contributed by atoms with van der Waals surface area (Å²) in [5.41, 5.74) is 16.1. The lowest BCUT2D eigenvalue weighted by Crippen LogP contribution is -2.58. The standard InChI is InChI=1S/C63H93BN2O/c1-23-27-44(61(17,18)25-3)36-50-43(7)65(51(24-2)42(6)30-29-41(4)5)52-37-45(60(14,15)16)38-53-56(52)64(50)55-47-39-48-49(63(21,22)35-34-62(48,19)20)40-54(47)67-57(55)66(53)46(31-33-59(11,12)13)28-26-32-58(8,9)10/h24,26,28-31,36-42,51H,2,23,25,27,32-35H2,1,3-22H3/b28-26-,30-29+,44-36+,46-31+. The first kappa shape index (κ1) is 52.5. The van der Waals surface area contributed by atoms with Crippen LogP contribution in [-0.2, 0) is 16.2 Å². The molecule has 1 aliphatic carbocycles. The van der Waals surface area contributed by atoms with E-state index >= 15 is 0 Å². The SMILES string of the molecule is C=CC(C(C)/C=C/C(C)C)N1C(C)=C(/C=C(\CCC)C(C)(C)CC)B2c3c(cc(C(C)(C)C)cc31)N(C(/C=C\CC(C)(C)C)=C/CC(C)(C)C)c1oc3cc4c(cc3c12)C(C)(C)CCC4(C)C. The number of hydrogen-bond acceptors (Lipinski definition) is 3. The van der Waals surface area contributed by atoms with Gasteiger partial charge in [-0.25, -0.2) is 0 Å². The molecule has 2 atom stereocenters. The first-order valence-electron chi connectivity index (χ1n) is 26.4. The summed E-state index contributed by atoms with van der Waals surface area (Å²) in [5, 5.41) is 1.26. The minimum Gasteiger partial charge on any atom is -0.440 e. The van der Waals surface area contributed by atoms with Crippen LogP contribution in [0.25, 0.3) is 11.0 Å². The van der Waals surface area contributed by atoms with Gasteiger partial charge in [-0.3, -0.25) is 4.90 Å². The van der Waals surface area contributed by atoms with Crippen molar-refractivity contribution in [1.82, 2.24) is 0 Å². The molecule has 3 aliphatic rings. The summed E-state index contributed by atoms with van der Waals surface area (Å²) in [4.78, 5) is 5.27. The van der Waals surface area contributed by atoms with Crippen LogP contribution in [0.5, 0.6) is 0 Å². The van der Waals surface area contributed by atoms with E-state index in [1.807, 2.05) is 0 Å². The summed E-state index contributed by atoms with van der Waals surface area (Å²) in [6.07, 6.45) is 24.5. The second-order valence-electron chi connectivity index (χ2n) is 26.8. The molecule has 4 heteroatoms. The van der Waals surface area contributed by atoms with E-state index in [-0.39, 0.29) is 51.2 Å². The molecule has 0 amide bonds. The second kappa shape index (κ2) is 18.8. The lowest BCUT2D eigenvalue weighted by molar-refractivity contribution is 0.332. The Morgan fingerprint density at radius 1 is 0.806 bits per heavy atom. The molecule has 0 saturated carbocycles. The number of allylic oxidation sites excluding steroid dienone is 8. The Hall–Kier alpha value is -3.92. The Balaban J connectivity index is 1.89. The average molecular weight is 905 g/mol. The molecule has 3 nitrogen and oxygen atoms in total. The molecule has 0 N–H and O–H groups in total. The molecule has 2 unspecified atom stereocenters. The molecule has 2 aromatic carbocycles. The monoisotopic (exact) mass is 905 g/mol. The van der Waals surface area contributed by atoms with E-state index in [1.54, 1.807) is 0 Å². The molecule has 3 heterocycles. The van der Waals surface area contributed by atoms with Gasteiger partial charge in [0.05, 0.1) is 6.04 Å². The number of rotatable bonds is 14. The molecule has 364 valence electrons. The molecule has 0 fully saturated rings. The number of benzene rings is 2. The van der Waals surface area contributed by atoms with Gasteiger partial charge in [-0.1, -0.05) is 187 Å². The van der Waals surface area contributed by atoms with Gasteiger partial charge in [-0.15, -0.1) is 6.58 Å². The summed E-state index contributed by atoms with van der Waals surface area (Å²) in [7, 11) is 0. The Labute approximate surface area is 411 Å². The van der Waals surface area contributed by atoms with Gasteiger partial charge < -0.3 is 9.32 Å². The maximum absolute atomic E-state index is 7.65. The molecule has 6 rings (SSSR count). The second-order valence-corrected chi connectivity index (χ2v) is 26.8. The van der Waals surface area contributed by atoms with E-state index in [9.17, 15) is 0 Å². The van der Waals surface area contributed by atoms with E-state index in [4.69, 9.17) is 4.42 Å². The average Bonchev–Trinajstić information content (AvgIpc) is 3.59. The number of nitrogens with zero attached hydrogens (tertiary/aromatic N) is 2. The third-order valence-corrected chi connectivity index (χ3v) is 15.7. The minimum absolute atomic E-state index is 0.0288. The maximum atomic E-state index is 7.65. The molecule has 3 aromatic rings. The lowest BCUT2D eigenvalue weighted by atomic mass is 9.32. The number of anilines is 3. The van der Waals surface area contributed by atoms with Gasteiger partial charge in [0, 0.05) is 33.6 Å². The van der Waals surface area contributed by atoms with Crippen molar-refractivity contribution in [3.05, 3.63) is 113 Å². The highest BCUT2D eigenvalue weighted by Gasteiger charge is 2.49. The van der Waals surface area contributed by atoms with E-state index < -0.39 is 0 Å². The zero-order chi connectivity index (χ0) is 50.0. The number of fused-ring (bicyclic) bond motifs is 5. The van der Waals surface area contributed by atoms with Crippen LogP contribution in [0, 0.1) is 28.1 Å². The zero-order valence-corrected chi connectivity index (χ0v) is 46.6. The van der Waals surface area contributed by atoms with Crippen LogP contribution in [0.1, 0.15) is 207 Å². The van der Waals surface area contributed by atoms with E-state index in [0.29, 0.717) is 5.92 Å². The van der Waals surface area contributed by atoms with Crippen molar-refractivity contribution in [1.29, 1.82) is 0 Å². The first-order valence-corrected chi connectivity index (χ1v) is 26.4. The van der Waals surface area contributed by atoms with Crippen molar-refractivity contribution in [2.45, 2.75) is 213 Å². The largest absolute Gasteiger partial charge is 0.440 e. The van der Waals surface area contributed by atoms with Crippen LogP contribution in [0.15, 0.2) is 100 Å². The molecule has 0 spiro atoms. The van der Waals surface area contributed by atoms with Gasteiger partial charge in [0.2, 0.25) is 5.88 Å². The molecule has 0 saturated heterocycles. The van der Waals surface area contributed by atoms with Crippen molar-refractivity contribution in [3.8, 4) is 0 Å².